The molecule has 1 aromatic carbocycles. The van der Waals surface area contributed by atoms with Crippen LogP contribution in [0.1, 0.15) is 23.6 Å². The van der Waals surface area contributed by atoms with Crippen LogP contribution >= 0.6 is 11.6 Å². The van der Waals surface area contributed by atoms with Crippen LogP contribution in [0.5, 0.6) is 0 Å². The van der Waals surface area contributed by atoms with Crippen LogP contribution in [0.4, 0.5) is 0 Å². The van der Waals surface area contributed by atoms with Crippen molar-refractivity contribution < 1.29 is 20.1 Å². The van der Waals surface area contributed by atoms with E-state index in [0.29, 0.717) is 16.2 Å². The maximum Gasteiger partial charge on any atom is 0.164 e. The molecule has 0 unspecified atom stereocenters. The number of aliphatic hydroxyl groups is 3. The lowest BCUT2D eigenvalue weighted by atomic mass is 9.99. The Morgan fingerprint density at radius 3 is 2.77 bits per heavy atom. The maximum atomic E-state index is 10.6. The Kier molecular flexibility index (Phi) is 4.42. The SMILES string of the molecule is Cc1ncnc2c1ccn2[C@@H]1O[C@H]([C@H](O)c2cccc(Cl)c2)[C@@H](O)[C@H]1O. The zero-order valence-electron chi connectivity index (χ0n) is 13.9. The predicted octanol–water partition coefficient (Wildman–Crippen LogP) is 1.75. The molecule has 1 saturated heterocycles. The number of aryl methyl sites for hydroxylation is 1. The summed E-state index contributed by atoms with van der Waals surface area (Å²) in [5.74, 6) is 0. The van der Waals surface area contributed by atoms with E-state index in [2.05, 4.69) is 9.97 Å². The fourth-order valence-corrected chi connectivity index (χ4v) is 3.56. The average Bonchev–Trinajstić information content (AvgIpc) is 3.18. The fraction of sp³-hybridized carbons (Fsp3) is 0.333. The highest BCUT2D eigenvalue weighted by molar-refractivity contribution is 6.30. The normalized spacial score (nSPS) is 27.1. The van der Waals surface area contributed by atoms with Crippen LogP contribution in [0.2, 0.25) is 5.02 Å². The number of rotatable bonds is 3. The van der Waals surface area contributed by atoms with E-state index in [1.165, 1.54) is 6.33 Å². The van der Waals surface area contributed by atoms with E-state index in [9.17, 15) is 15.3 Å². The molecule has 3 aromatic rings. The van der Waals surface area contributed by atoms with E-state index in [-0.39, 0.29) is 0 Å². The van der Waals surface area contributed by atoms with Crippen molar-refractivity contribution in [3.8, 4) is 0 Å². The molecule has 0 radical (unpaired) electrons. The highest BCUT2D eigenvalue weighted by Crippen LogP contribution is 2.37. The summed E-state index contributed by atoms with van der Waals surface area (Å²) in [4.78, 5) is 8.39. The first kappa shape index (κ1) is 17.4. The number of fused-ring (bicyclic) bond motifs is 1. The van der Waals surface area contributed by atoms with Crippen LogP contribution in [-0.4, -0.2) is 48.2 Å². The first-order valence-electron chi connectivity index (χ1n) is 8.20. The second-order valence-corrected chi connectivity index (χ2v) is 6.83. The lowest BCUT2D eigenvalue weighted by molar-refractivity contribution is -0.0848. The van der Waals surface area contributed by atoms with Gasteiger partial charge in [0, 0.05) is 16.6 Å². The van der Waals surface area contributed by atoms with Crippen molar-refractivity contribution in [3.63, 3.8) is 0 Å². The molecule has 4 rings (SSSR count). The minimum absolute atomic E-state index is 0.467. The molecule has 0 saturated carbocycles. The molecule has 3 heterocycles. The Balaban J connectivity index is 1.66. The molecule has 0 bridgehead atoms. The molecular formula is C18H18ClN3O4. The Labute approximate surface area is 154 Å². The summed E-state index contributed by atoms with van der Waals surface area (Å²) in [6.45, 7) is 1.86. The number of hydrogen-bond acceptors (Lipinski definition) is 6. The third kappa shape index (κ3) is 2.78. The molecule has 0 aliphatic carbocycles. The molecule has 2 aromatic heterocycles. The average molecular weight is 376 g/mol. The summed E-state index contributed by atoms with van der Waals surface area (Å²) < 4.78 is 7.49. The Morgan fingerprint density at radius 2 is 2.00 bits per heavy atom. The van der Waals surface area contributed by atoms with Crippen molar-refractivity contribution in [2.24, 2.45) is 0 Å². The largest absolute Gasteiger partial charge is 0.387 e. The molecular weight excluding hydrogens is 358 g/mol. The van der Waals surface area contributed by atoms with E-state index < -0.39 is 30.6 Å². The van der Waals surface area contributed by atoms with Gasteiger partial charge in [-0.2, -0.15) is 0 Å². The van der Waals surface area contributed by atoms with Crippen molar-refractivity contribution in [1.29, 1.82) is 0 Å². The van der Waals surface area contributed by atoms with E-state index in [1.807, 2.05) is 13.0 Å². The predicted molar refractivity (Wildman–Crippen MR) is 94.6 cm³/mol. The summed E-state index contributed by atoms with van der Waals surface area (Å²) in [6, 6.07) is 8.51. The van der Waals surface area contributed by atoms with E-state index in [1.54, 1.807) is 35.0 Å². The molecule has 7 nitrogen and oxygen atoms in total. The first-order valence-corrected chi connectivity index (χ1v) is 8.58. The Hall–Kier alpha value is -2.03. The smallest absolute Gasteiger partial charge is 0.164 e. The molecule has 8 heteroatoms. The number of ether oxygens (including phenoxy) is 1. The molecule has 136 valence electrons. The summed E-state index contributed by atoms with van der Waals surface area (Å²) in [5.41, 5.74) is 1.90. The molecule has 1 aliphatic rings. The third-order valence-corrected chi connectivity index (χ3v) is 4.99. The zero-order chi connectivity index (χ0) is 18.4. The highest BCUT2D eigenvalue weighted by atomic mass is 35.5. The quantitative estimate of drug-likeness (QED) is 0.644. The minimum Gasteiger partial charge on any atom is -0.387 e. The number of aromatic nitrogens is 3. The standard InChI is InChI=1S/C18H18ClN3O4/c1-9-12-5-6-22(17(12)21-8-20-9)18-15(25)14(24)16(26-18)13(23)10-3-2-4-11(19)7-10/h2-8,13-16,18,23-25H,1H3/t13-,14+,15-,16-,18-/m1/s1. The van der Waals surface area contributed by atoms with Crippen molar-refractivity contribution >= 4 is 22.6 Å². The molecule has 0 amide bonds. The van der Waals surface area contributed by atoms with Gasteiger partial charge in [-0.1, -0.05) is 23.7 Å². The van der Waals surface area contributed by atoms with Gasteiger partial charge in [-0.3, -0.25) is 0 Å². The molecule has 26 heavy (non-hydrogen) atoms. The van der Waals surface area contributed by atoms with Gasteiger partial charge in [-0.25, -0.2) is 9.97 Å². The van der Waals surface area contributed by atoms with Gasteiger partial charge in [0.2, 0.25) is 0 Å². The van der Waals surface area contributed by atoms with Crippen LogP contribution in [0.25, 0.3) is 11.0 Å². The molecule has 3 N–H and O–H groups in total. The number of nitrogens with zero attached hydrogens (tertiary/aromatic N) is 3. The Morgan fingerprint density at radius 1 is 1.19 bits per heavy atom. The number of aliphatic hydroxyl groups excluding tert-OH is 3. The van der Waals surface area contributed by atoms with Gasteiger partial charge >= 0.3 is 0 Å². The lowest BCUT2D eigenvalue weighted by Crippen LogP contribution is -2.34. The van der Waals surface area contributed by atoms with Gasteiger partial charge in [-0.15, -0.1) is 0 Å². The minimum atomic E-state index is -1.27. The molecule has 1 fully saturated rings. The second-order valence-electron chi connectivity index (χ2n) is 6.39. The summed E-state index contributed by atoms with van der Waals surface area (Å²) in [6.07, 6.45) is -2.36. The lowest BCUT2D eigenvalue weighted by Gasteiger charge is -2.21. The second kappa shape index (κ2) is 6.61. The monoisotopic (exact) mass is 375 g/mol. The highest BCUT2D eigenvalue weighted by Gasteiger charge is 2.47. The van der Waals surface area contributed by atoms with Crippen LogP contribution in [0.15, 0.2) is 42.9 Å². The number of halogens is 1. The van der Waals surface area contributed by atoms with Crippen molar-refractivity contribution in [1.82, 2.24) is 14.5 Å². The first-order chi connectivity index (χ1) is 12.5. The topological polar surface area (TPSA) is 101 Å². The van der Waals surface area contributed by atoms with Gasteiger partial charge < -0.3 is 24.6 Å². The number of benzene rings is 1. The van der Waals surface area contributed by atoms with Crippen molar-refractivity contribution in [2.45, 2.75) is 37.6 Å². The molecule has 1 aliphatic heterocycles. The number of hydrogen-bond donors (Lipinski definition) is 3. The zero-order valence-corrected chi connectivity index (χ0v) is 14.7. The summed E-state index contributed by atoms with van der Waals surface area (Å²) >= 11 is 5.97. The fourth-order valence-electron chi connectivity index (χ4n) is 3.36. The summed E-state index contributed by atoms with van der Waals surface area (Å²) in [7, 11) is 0. The summed E-state index contributed by atoms with van der Waals surface area (Å²) in [5, 5.41) is 32.9. The third-order valence-electron chi connectivity index (χ3n) is 4.76. The molecule has 0 spiro atoms. The van der Waals surface area contributed by atoms with E-state index in [4.69, 9.17) is 16.3 Å². The van der Waals surface area contributed by atoms with Crippen LogP contribution in [0, 0.1) is 6.92 Å². The van der Waals surface area contributed by atoms with Gasteiger partial charge in [0.25, 0.3) is 0 Å². The van der Waals surface area contributed by atoms with Crippen molar-refractivity contribution in [2.75, 3.05) is 0 Å². The van der Waals surface area contributed by atoms with Crippen LogP contribution < -0.4 is 0 Å². The van der Waals surface area contributed by atoms with Gasteiger partial charge in [0.1, 0.15) is 36.4 Å². The van der Waals surface area contributed by atoms with Crippen molar-refractivity contribution in [3.05, 3.63) is 59.1 Å². The Bertz CT molecular complexity index is 947. The van der Waals surface area contributed by atoms with Gasteiger partial charge in [-0.05, 0) is 30.7 Å². The van der Waals surface area contributed by atoms with E-state index >= 15 is 0 Å². The van der Waals surface area contributed by atoms with Gasteiger partial charge in [0.05, 0.1) is 5.69 Å². The van der Waals surface area contributed by atoms with Crippen LogP contribution in [0.3, 0.4) is 0 Å². The van der Waals surface area contributed by atoms with Crippen LogP contribution in [-0.2, 0) is 4.74 Å². The maximum absolute atomic E-state index is 10.6. The van der Waals surface area contributed by atoms with E-state index in [0.717, 1.165) is 11.1 Å². The molecule has 5 atom stereocenters. The van der Waals surface area contributed by atoms with Gasteiger partial charge in [0.15, 0.2) is 6.23 Å².